The van der Waals surface area contributed by atoms with Gasteiger partial charge in [-0.25, -0.2) is 4.98 Å². The van der Waals surface area contributed by atoms with Gasteiger partial charge in [-0.1, -0.05) is 63.6 Å². The number of aromatic nitrogens is 4. The maximum absolute atomic E-state index is 14.1. The van der Waals surface area contributed by atoms with Crippen LogP contribution < -0.4 is 16.0 Å². The van der Waals surface area contributed by atoms with Gasteiger partial charge in [-0.3, -0.25) is 19.1 Å². The molecule has 4 atom stereocenters. The lowest BCUT2D eigenvalue weighted by Crippen LogP contribution is -2.58. The predicted molar refractivity (Wildman–Crippen MR) is 190 cm³/mol. The van der Waals surface area contributed by atoms with Crippen molar-refractivity contribution in [1.82, 2.24) is 35.7 Å². The Morgan fingerprint density at radius 1 is 1.08 bits per heavy atom. The van der Waals surface area contributed by atoms with Gasteiger partial charge in [0.2, 0.25) is 11.8 Å². The topological polar surface area (TPSA) is 143 Å². The van der Waals surface area contributed by atoms with Gasteiger partial charge in [-0.2, -0.15) is 5.10 Å². The number of aromatic amines is 1. The molecule has 262 valence electrons. The molecule has 1 aliphatic rings. The Morgan fingerprint density at radius 3 is 2.39 bits per heavy atom. The van der Waals surface area contributed by atoms with Crippen molar-refractivity contribution < 1.29 is 19.1 Å². The molecule has 1 aliphatic carbocycles. The number of ether oxygens (including phenoxy) is 1. The molecule has 0 radical (unpaired) electrons. The third kappa shape index (κ3) is 7.38. The number of carbonyl (C=O) groups is 3. The van der Waals surface area contributed by atoms with Crippen LogP contribution in [0.15, 0.2) is 54.7 Å². The van der Waals surface area contributed by atoms with E-state index in [0.29, 0.717) is 39.7 Å². The maximum Gasteiger partial charge on any atom is 0.270 e. The number of methoxy groups -OCH3 is 1. The summed E-state index contributed by atoms with van der Waals surface area (Å²) < 4.78 is 7.12. The number of nitrogens with zero attached hydrogens (tertiary/aromatic N) is 3. The van der Waals surface area contributed by atoms with Crippen LogP contribution in [0.1, 0.15) is 93.8 Å². The van der Waals surface area contributed by atoms with E-state index in [1.165, 1.54) is 0 Å². The van der Waals surface area contributed by atoms with Crippen LogP contribution in [0.4, 0.5) is 0 Å². The Morgan fingerprint density at radius 2 is 1.80 bits per heavy atom. The fourth-order valence-corrected chi connectivity index (χ4v) is 6.90. The normalized spacial score (nSPS) is 17.1. The first-order chi connectivity index (χ1) is 23.1. The highest BCUT2D eigenvalue weighted by molar-refractivity contribution is 6.31. The molecule has 0 aliphatic heterocycles. The number of nitrogens with one attached hydrogen (secondary N) is 4. The Bertz CT molecular complexity index is 1840. The van der Waals surface area contributed by atoms with Crippen LogP contribution in [-0.2, 0) is 26.8 Å². The first-order valence-electron chi connectivity index (χ1n) is 16.7. The number of hydrogen-bond donors (Lipinski definition) is 4. The second-order valence-corrected chi connectivity index (χ2v) is 15.1. The summed E-state index contributed by atoms with van der Waals surface area (Å²) in [6.45, 7) is 12.1. The number of amides is 3. The van der Waals surface area contributed by atoms with Gasteiger partial charge in [0.1, 0.15) is 17.6 Å². The molecule has 0 spiro atoms. The van der Waals surface area contributed by atoms with Crippen LogP contribution in [-0.4, -0.2) is 63.8 Å². The molecular formula is C37H48ClN7O4. The van der Waals surface area contributed by atoms with E-state index < -0.39 is 22.9 Å². The van der Waals surface area contributed by atoms with Crippen LogP contribution in [0, 0.1) is 10.8 Å². The van der Waals surface area contributed by atoms with Crippen LogP contribution in [0.3, 0.4) is 0 Å². The summed E-state index contributed by atoms with van der Waals surface area (Å²) in [5.74, 6) is -0.471. The van der Waals surface area contributed by atoms with E-state index in [-0.39, 0.29) is 35.7 Å². The minimum Gasteiger partial charge on any atom is -0.383 e. The van der Waals surface area contributed by atoms with Crippen molar-refractivity contribution in [3.8, 4) is 0 Å². The molecule has 3 amide bonds. The molecule has 5 rings (SSSR count). The lowest BCUT2D eigenvalue weighted by atomic mass is 9.78. The highest BCUT2D eigenvalue weighted by Gasteiger charge is 2.51. The summed E-state index contributed by atoms with van der Waals surface area (Å²) in [4.78, 5) is 49.3. The van der Waals surface area contributed by atoms with Gasteiger partial charge in [-0.05, 0) is 72.9 Å². The molecule has 0 bridgehead atoms. The molecule has 2 aromatic carbocycles. The number of fused-ring (bicyclic) bond motifs is 1. The first-order valence-corrected chi connectivity index (χ1v) is 17.1. The average Bonchev–Trinajstić information content (AvgIpc) is 3.41. The average molecular weight is 690 g/mol. The monoisotopic (exact) mass is 689 g/mol. The van der Waals surface area contributed by atoms with Crippen molar-refractivity contribution >= 4 is 40.4 Å². The van der Waals surface area contributed by atoms with Crippen molar-refractivity contribution in [3.63, 3.8) is 0 Å². The summed E-state index contributed by atoms with van der Waals surface area (Å²) in [5, 5.41) is 13.9. The van der Waals surface area contributed by atoms with Crippen LogP contribution in [0.5, 0.6) is 0 Å². The van der Waals surface area contributed by atoms with Crippen molar-refractivity contribution in [3.05, 3.63) is 82.4 Å². The van der Waals surface area contributed by atoms with Gasteiger partial charge in [0, 0.05) is 37.8 Å². The standard InChI is InChI=1S/C37H48ClN7O4/c1-9-39-33(47)30(35(2,3)4)44-34(48)37(6,21-49-8)22-14-15-25-26(20-22)42-31(41-25)29(43-32(46)27-16-19-40-45(27)7)28(36(5)17-18-36)23-12-10-11-13-24(23)38/h10-16,19-20,28-30H,9,17-18,21H2,1-8H3,(H,39,47)(H,41,42)(H,43,46)(H,44,48)/t28-,29-,30-,37?/m0/s1. The lowest BCUT2D eigenvalue weighted by Gasteiger charge is -2.35. The molecule has 12 heteroatoms. The predicted octanol–water partition coefficient (Wildman–Crippen LogP) is 5.58. The molecule has 2 heterocycles. The molecular weight excluding hydrogens is 642 g/mol. The van der Waals surface area contributed by atoms with Gasteiger partial charge < -0.3 is 25.7 Å². The van der Waals surface area contributed by atoms with Gasteiger partial charge in [0.05, 0.1) is 29.1 Å². The molecule has 1 saturated carbocycles. The van der Waals surface area contributed by atoms with Gasteiger partial charge in [-0.15, -0.1) is 0 Å². The Hall–Kier alpha value is -4.22. The molecule has 4 aromatic rings. The number of likely N-dealkylation sites (N-methyl/N-ethyl adjacent to an activating group) is 1. The highest BCUT2D eigenvalue weighted by Crippen LogP contribution is 2.60. The molecule has 1 unspecified atom stereocenters. The van der Waals surface area contributed by atoms with Crippen LogP contribution >= 0.6 is 11.6 Å². The van der Waals surface area contributed by atoms with Crippen molar-refractivity contribution in [2.75, 3.05) is 20.3 Å². The number of aryl methyl sites for hydroxylation is 1. The zero-order valence-corrected chi connectivity index (χ0v) is 30.4. The van der Waals surface area contributed by atoms with Crippen LogP contribution in [0.2, 0.25) is 5.02 Å². The largest absolute Gasteiger partial charge is 0.383 e. The summed E-state index contributed by atoms with van der Waals surface area (Å²) in [6, 6.07) is 13.7. The molecule has 4 N–H and O–H groups in total. The van der Waals surface area contributed by atoms with E-state index in [2.05, 4.69) is 33.0 Å². The minimum absolute atomic E-state index is 0.0773. The van der Waals surface area contributed by atoms with Crippen molar-refractivity contribution in [2.24, 2.45) is 17.9 Å². The molecule has 2 aromatic heterocycles. The fraction of sp³-hybridized carbons (Fsp3) is 0.486. The molecule has 11 nitrogen and oxygen atoms in total. The van der Waals surface area contributed by atoms with E-state index in [0.717, 1.165) is 18.4 Å². The number of halogens is 1. The number of H-pyrrole nitrogens is 1. The van der Waals surface area contributed by atoms with Crippen LogP contribution in [0.25, 0.3) is 11.0 Å². The molecule has 1 fully saturated rings. The highest BCUT2D eigenvalue weighted by atomic mass is 35.5. The zero-order valence-electron chi connectivity index (χ0n) is 29.6. The number of carbonyl (C=O) groups excluding carboxylic acids is 3. The number of rotatable bonds is 13. The second-order valence-electron chi connectivity index (χ2n) is 14.7. The number of hydrogen-bond acceptors (Lipinski definition) is 6. The SMILES string of the molecule is CCNC(=O)[C@H](NC(=O)C(C)(COC)c1ccc2nc([C@@H](NC(=O)c3ccnn3C)[C@H](c3ccccc3Cl)C3(C)CC3)[nH]c2c1)C(C)(C)C. The number of imidazole rings is 1. The summed E-state index contributed by atoms with van der Waals surface area (Å²) in [7, 11) is 3.28. The summed E-state index contributed by atoms with van der Waals surface area (Å²) in [6.07, 6.45) is 3.54. The molecule has 49 heavy (non-hydrogen) atoms. The Balaban J connectivity index is 1.57. The second kappa shape index (κ2) is 14.0. The van der Waals surface area contributed by atoms with E-state index >= 15 is 0 Å². The van der Waals surface area contributed by atoms with Gasteiger partial charge in [0.25, 0.3) is 5.91 Å². The lowest BCUT2D eigenvalue weighted by molar-refractivity contribution is -0.135. The first kappa shape index (κ1) is 36.1. The summed E-state index contributed by atoms with van der Waals surface area (Å²) >= 11 is 6.82. The zero-order chi connectivity index (χ0) is 35.7. The third-order valence-electron chi connectivity index (χ3n) is 9.82. The quantitative estimate of drug-likeness (QED) is 0.144. The maximum atomic E-state index is 14.1. The van der Waals surface area contributed by atoms with E-state index in [4.69, 9.17) is 21.3 Å². The molecule has 0 saturated heterocycles. The number of benzene rings is 2. The van der Waals surface area contributed by atoms with Crippen molar-refractivity contribution in [2.45, 2.75) is 77.8 Å². The van der Waals surface area contributed by atoms with E-state index in [1.54, 1.807) is 38.0 Å². The van der Waals surface area contributed by atoms with E-state index in [9.17, 15) is 14.4 Å². The van der Waals surface area contributed by atoms with Gasteiger partial charge in [0.15, 0.2) is 0 Å². The Kier molecular flexibility index (Phi) is 10.3. The smallest absolute Gasteiger partial charge is 0.270 e. The van der Waals surface area contributed by atoms with Crippen molar-refractivity contribution in [1.29, 1.82) is 0 Å². The van der Waals surface area contributed by atoms with Gasteiger partial charge >= 0.3 is 0 Å². The fourth-order valence-electron chi connectivity index (χ4n) is 6.64. The Labute approximate surface area is 292 Å². The summed E-state index contributed by atoms with van der Waals surface area (Å²) in [5.41, 5.74) is 1.61. The third-order valence-corrected chi connectivity index (χ3v) is 10.2. The minimum atomic E-state index is -1.14. The van der Waals surface area contributed by atoms with E-state index in [1.807, 2.05) is 70.2 Å².